The average molecular weight is 391 g/mol. The van der Waals surface area contributed by atoms with E-state index in [0.717, 1.165) is 28.3 Å². The maximum absolute atomic E-state index is 13.1. The monoisotopic (exact) mass is 391 g/mol. The summed E-state index contributed by atoms with van der Waals surface area (Å²) in [5.74, 6) is -0.121. The van der Waals surface area contributed by atoms with Gasteiger partial charge < -0.3 is 14.4 Å². The lowest BCUT2D eigenvalue weighted by atomic mass is 9.74. The molecule has 1 amide bonds. The minimum absolute atomic E-state index is 0.125. The molecule has 150 valence electrons. The van der Waals surface area contributed by atoms with Gasteiger partial charge in [-0.2, -0.15) is 0 Å². The van der Waals surface area contributed by atoms with Crippen LogP contribution in [0.3, 0.4) is 0 Å². The first-order valence-electron chi connectivity index (χ1n) is 9.92. The van der Waals surface area contributed by atoms with Crippen LogP contribution in [0.25, 0.3) is 10.8 Å². The Bertz CT molecular complexity index is 982. The van der Waals surface area contributed by atoms with Gasteiger partial charge in [-0.3, -0.25) is 4.79 Å². The highest BCUT2D eigenvalue weighted by atomic mass is 16.5. The van der Waals surface area contributed by atoms with Crippen LogP contribution in [0.2, 0.25) is 0 Å². The Kier molecular flexibility index (Phi) is 5.83. The third kappa shape index (κ3) is 4.21. The number of carbonyl (C=O) groups is 3. The molecule has 1 aliphatic heterocycles. The van der Waals surface area contributed by atoms with Gasteiger partial charge >= 0.3 is 5.97 Å². The highest BCUT2D eigenvalue weighted by Crippen LogP contribution is 2.42. The van der Waals surface area contributed by atoms with E-state index in [1.54, 1.807) is 4.90 Å². The number of benzene rings is 2. The maximum Gasteiger partial charge on any atom is 0.334 e. The molecule has 0 spiro atoms. The van der Waals surface area contributed by atoms with Crippen molar-refractivity contribution in [1.29, 1.82) is 0 Å². The third-order valence-corrected chi connectivity index (χ3v) is 5.62. The van der Waals surface area contributed by atoms with E-state index in [2.05, 4.69) is 0 Å². The summed E-state index contributed by atoms with van der Waals surface area (Å²) < 4.78 is 5.99. The van der Waals surface area contributed by atoms with Gasteiger partial charge in [0.25, 0.3) is 0 Å². The van der Waals surface area contributed by atoms with Gasteiger partial charge in [0, 0.05) is 30.8 Å². The van der Waals surface area contributed by atoms with Gasteiger partial charge in [0.1, 0.15) is 11.8 Å². The molecule has 1 atom stereocenters. The molecule has 2 aromatic rings. The smallest absolute Gasteiger partial charge is 0.334 e. The number of carbonyl (C=O) groups excluding carboxylic acids is 3. The second-order valence-corrected chi connectivity index (χ2v) is 8.44. The van der Waals surface area contributed by atoms with Crippen molar-refractivity contribution in [2.24, 2.45) is 0 Å². The van der Waals surface area contributed by atoms with Crippen LogP contribution in [0.5, 0.6) is 5.75 Å². The number of hydrogen-bond acceptors (Lipinski definition) is 4. The summed E-state index contributed by atoms with van der Waals surface area (Å²) in [6.45, 7) is 7.81. The third-order valence-electron chi connectivity index (χ3n) is 5.62. The maximum atomic E-state index is 13.1. The Hall–Kier alpha value is -2.63. The molecule has 0 aliphatic carbocycles. The molecule has 0 aromatic heterocycles. The average Bonchev–Trinajstić information content (AvgIpc) is 3.10. The summed E-state index contributed by atoms with van der Waals surface area (Å²) in [6, 6.07) is 9.12. The standard InChI is InChI=1S/C23H26BNO4/c1-14-12-16-8-5-6-9-17(16)21(20(14)23(3,4)13-19(24)27)29-22(28)18-10-7-11-25(18)15(2)26/h5-6,8-9,12,18H,7,10-11,13H2,1-4H3. The summed E-state index contributed by atoms with van der Waals surface area (Å²) in [5, 5.41) is 1.74. The van der Waals surface area contributed by atoms with E-state index in [-0.39, 0.29) is 12.3 Å². The lowest BCUT2D eigenvalue weighted by molar-refractivity contribution is -0.145. The number of amides is 1. The molecular formula is C23H26BNO4. The molecule has 0 N–H and O–H groups in total. The first kappa shape index (κ1) is 21.1. The van der Waals surface area contributed by atoms with E-state index in [4.69, 9.17) is 12.6 Å². The second-order valence-electron chi connectivity index (χ2n) is 8.44. The number of hydrogen-bond donors (Lipinski definition) is 0. The Labute approximate surface area is 172 Å². The molecule has 5 nitrogen and oxygen atoms in total. The number of ether oxygens (including phenoxy) is 1. The summed E-state index contributed by atoms with van der Waals surface area (Å²) in [4.78, 5) is 38.2. The van der Waals surface area contributed by atoms with Crippen molar-refractivity contribution in [2.75, 3.05) is 6.54 Å². The van der Waals surface area contributed by atoms with Crippen molar-refractivity contribution >= 4 is 36.2 Å². The van der Waals surface area contributed by atoms with Crippen LogP contribution in [0.4, 0.5) is 0 Å². The van der Waals surface area contributed by atoms with Crippen molar-refractivity contribution < 1.29 is 19.1 Å². The van der Waals surface area contributed by atoms with Crippen molar-refractivity contribution in [1.82, 2.24) is 4.90 Å². The number of aryl methyl sites for hydroxylation is 1. The van der Waals surface area contributed by atoms with Crippen molar-refractivity contribution in [3.05, 3.63) is 41.5 Å². The summed E-state index contributed by atoms with van der Waals surface area (Å²) in [7, 11) is 5.49. The van der Waals surface area contributed by atoms with E-state index in [1.165, 1.54) is 6.92 Å². The van der Waals surface area contributed by atoms with Crippen LogP contribution < -0.4 is 4.74 Å². The summed E-state index contributed by atoms with van der Waals surface area (Å²) in [5.41, 5.74) is 0.674. The lowest BCUT2D eigenvalue weighted by Crippen LogP contribution is -2.41. The Balaban J connectivity index is 2.12. The van der Waals surface area contributed by atoms with Crippen molar-refractivity contribution in [2.45, 2.75) is 58.4 Å². The topological polar surface area (TPSA) is 63.7 Å². The number of fused-ring (bicyclic) bond motifs is 1. The fraction of sp³-hybridized carbons (Fsp3) is 0.435. The van der Waals surface area contributed by atoms with E-state index in [0.29, 0.717) is 18.7 Å². The van der Waals surface area contributed by atoms with Crippen molar-refractivity contribution in [3.63, 3.8) is 0 Å². The molecule has 1 saturated heterocycles. The molecule has 0 bridgehead atoms. The van der Waals surface area contributed by atoms with Crippen LogP contribution in [-0.4, -0.2) is 42.9 Å². The van der Waals surface area contributed by atoms with Crippen LogP contribution in [0.15, 0.2) is 30.3 Å². The normalized spacial score (nSPS) is 16.8. The highest BCUT2D eigenvalue weighted by Gasteiger charge is 2.36. The zero-order valence-electron chi connectivity index (χ0n) is 17.5. The summed E-state index contributed by atoms with van der Waals surface area (Å²) in [6.07, 6.45) is 1.48. The first-order chi connectivity index (χ1) is 13.6. The predicted molar refractivity (Wildman–Crippen MR) is 113 cm³/mol. The van der Waals surface area contributed by atoms with Crippen molar-refractivity contribution in [3.8, 4) is 5.75 Å². The lowest BCUT2D eigenvalue weighted by Gasteiger charge is -2.30. The number of nitrogens with zero attached hydrogens (tertiary/aromatic N) is 1. The van der Waals surface area contributed by atoms with Gasteiger partial charge in [0.05, 0.1) is 5.68 Å². The minimum Gasteiger partial charge on any atom is -0.424 e. The highest BCUT2D eigenvalue weighted by molar-refractivity contribution is 6.57. The zero-order valence-corrected chi connectivity index (χ0v) is 17.5. The number of likely N-dealkylation sites (tertiary alicyclic amines) is 1. The molecule has 6 heteroatoms. The summed E-state index contributed by atoms with van der Waals surface area (Å²) >= 11 is 0. The molecule has 1 heterocycles. The number of esters is 1. The van der Waals surface area contributed by atoms with Gasteiger partial charge in [-0.25, -0.2) is 4.79 Å². The molecule has 29 heavy (non-hydrogen) atoms. The largest absolute Gasteiger partial charge is 0.424 e. The van der Waals surface area contributed by atoms with E-state index in [9.17, 15) is 14.4 Å². The van der Waals surface area contributed by atoms with Gasteiger partial charge in [-0.15, -0.1) is 0 Å². The SMILES string of the molecule is [B]C(=O)CC(C)(C)c1c(C)cc2ccccc2c1OC(=O)C1CCCN1C(C)=O. The Morgan fingerprint density at radius 1 is 1.24 bits per heavy atom. The molecule has 2 aromatic carbocycles. The zero-order chi connectivity index (χ0) is 21.3. The van der Waals surface area contributed by atoms with E-state index < -0.39 is 23.1 Å². The first-order valence-corrected chi connectivity index (χ1v) is 9.92. The number of rotatable bonds is 5. The molecule has 0 saturated carbocycles. The Morgan fingerprint density at radius 3 is 2.59 bits per heavy atom. The predicted octanol–water partition coefficient (Wildman–Crippen LogP) is 3.43. The molecule has 2 radical (unpaired) electrons. The van der Waals surface area contributed by atoms with Gasteiger partial charge in [0.2, 0.25) is 5.91 Å². The molecule has 1 aliphatic rings. The Morgan fingerprint density at radius 2 is 1.93 bits per heavy atom. The van der Waals surface area contributed by atoms with Crippen LogP contribution in [-0.2, 0) is 19.8 Å². The van der Waals surface area contributed by atoms with Crippen LogP contribution in [0, 0.1) is 6.92 Å². The van der Waals surface area contributed by atoms with Gasteiger partial charge in [-0.05, 0) is 36.1 Å². The van der Waals surface area contributed by atoms with Gasteiger partial charge in [-0.1, -0.05) is 44.2 Å². The second kappa shape index (κ2) is 8.01. The van der Waals surface area contributed by atoms with Crippen LogP contribution in [0.1, 0.15) is 51.2 Å². The fourth-order valence-corrected chi connectivity index (χ4v) is 4.48. The van der Waals surface area contributed by atoms with Gasteiger partial charge in [0.15, 0.2) is 7.85 Å². The molecular weight excluding hydrogens is 365 g/mol. The van der Waals surface area contributed by atoms with E-state index >= 15 is 0 Å². The molecule has 1 unspecified atom stereocenters. The minimum atomic E-state index is -0.620. The van der Waals surface area contributed by atoms with E-state index in [1.807, 2.05) is 51.1 Å². The molecule has 1 fully saturated rings. The van der Waals surface area contributed by atoms with Crippen LogP contribution >= 0.6 is 0 Å². The fourth-order valence-electron chi connectivity index (χ4n) is 4.48. The molecule has 3 rings (SSSR count). The quantitative estimate of drug-likeness (QED) is 0.445.